The fourth-order valence-corrected chi connectivity index (χ4v) is 4.81. The number of rotatable bonds is 4. The van der Waals surface area contributed by atoms with E-state index in [2.05, 4.69) is 20.4 Å². The number of nitrogens with one attached hydrogen (secondary N) is 1. The van der Waals surface area contributed by atoms with Gasteiger partial charge < -0.3 is 14.8 Å². The van der Waals surface area contributed by atoms with Crippen LogP contribution in [0.4, 0.5) is 14.5 Å². The van der Waals surface area contributed by atoms with Gasteiger partial charge in [0.2, 0.25) is 11.5 Å². The summed E-state index contributed by atoms with van der Waals surface area (Å²) in [5.41, 5.74) is 1.09. The van der Waals surface area contributed by atoms with Crippen molar-refractivity contribution in [1.29, 1.82) is 0 Å². The minimum Gasteiger partial charge on any atom is -0.317 e. The largest absolute Gasteiger partial charge is 0.317 e. The van der Waals surface area contributed by atoms with Crippen molar-refractivity contribution in [2.24, 2.45) is 12.5 Å². The van der Waals surface area contributed by atoms with Crippen LogP contribution in [-0.4, -0.2) is 49.7 Å². The normalized spacial score (nSPS) is 20.7. The predicted octanol–water partition coefficient (Wildman–Crippen LogP) is 1.64. The SMILES string of the molecule is Cn1cc(N2C(=O)C3(CCNCC3)CC2c2cnc3cnn(CC(F)F)c3n2)ccc1=O. The molecule has 1 N–H and O–H groups in total. The Labute approximate surface area is 182 Å². The molecule has 5 heterocycles. The minimum atomic E-state index is -2.57. The number of aromatic nitrogens is 5. The first-order valence-corrected chi connectivity index (χ1v) is 10.6. The smallest absolute Gasteiger partial charge is 0.258 e. The van der Waals surface area contributed by atoms with Crippen LogP contribution >= 0.6 is 0 Å². The lowest BCUT2D eigenvalue weighted by Gasteiger charge is -2.31. The number of aryl methyl sites for hydroxylation is 1. The number of alkyl halides is 2. The number of pyridine rings is 1. The van der Waals surface area contributed by atoms with E-state index in [9.17, 15) is 18.4 Å². The van der Waals surface area contributed by atoms with Gasteiger partial charge in [0.05, 0.1) is 35.2 Å². The molecule has 2 aliphatic heterocycles. The van der Waals surface area contributed by atoms with Crippen LogP contribution in [0.1, 0.15) is 31.0 Å². The third-order valence-electron chi connectivity index (χ3n) is 6.49. The second-order valence-corrected chi connectivity index (χ2v) is 8.48. The number of halogens is 2. The number of hydrogen-bond donors (Lipinski definition) is 1. The van der Waals surface area contributed by atoms with E-state index in [1.54, 1.807) is 30.4 Å². The molecule has 0 aliphatic carbocycles. The van der Waals surface area contributed by atoms with Gasteiger partial charge >= 0.3 is 0 Å². The number of anilines is 1. The molecule has 0 radical (unpaired) electrons. The number of piperidine rings is 1. The number of carbonyl (C=O) groups excluding carboxylic acids is 1. The van der Waals surface area contributed by atoms with Crippen LogP contribution in [0.2, 0.25) is 0 Å². The van der Waals surface area contributed by atoms with E-state index in [1.807, 2.05) is 0 Å². The van der Waals surface area contributed by atoms with Crippen LogP contribution < -0.4 is 15.8 Å². The Hall–Kier alpha value is -3.21. The first kappa shape index (κ1) is 20.7. The maximum absolute atomic E-state index is 13.7. The van der Waals surface area contributed by atoms with Gasteiger partial charge in [0.15, 0.2) is 5.65 Å². The lowest BCUT2D eigenvalue weighted by molar-refractivity contribution is -0.126. The summed E-state index contributed by atoms with van der Waals surface area (Å²) in [6, 6.07) is 2.64. The third kappa shape index (κ3) is 3.36. The zero-order valence-electron chi connectivity index (χ0n) is 17.5. The molecular weight excluding hydrogens is 420 g/mol. The van der Waals surface area contributed by atoms with Crippen LogP contribution in [0.5, 0.6) is 0 Å². The van der Waals surface area contributed by atoms with E-state index in [-0.39, 0.29) is 17.1 Å². The fraction of sp³-hybridized carbons (Fsp3) is 0.476. The minimum absolute atomic E-state index is 0.00867. The molecule has 5 rings (SSSR count). The Bertz CT molecular complexity index is 1230. The summed E-state index contributed by atoms with van der Waals surface area (Å²) in [5, 5.41) is 7.29. The number of fused-ring (bicyclic) bond motifs is 1. The van der Waals surface area contributed by atoms with Gasteiger partial charge in [-0.25, -0.2) is 23.4 Å². The van der Waals surface area contributed by atoms with Gasteiger partial charge in [0.25, 0.3) is 6.43 Å². The molecule has 2 saturated heterocycles. The van der Waals surface area contributed by atoms with E-state index in [1.165, 1.54) is 16.8 Å². The topological polar surface area (TPSA) is 97.9 Å². The molecule has 0 saturated carbocycles. The van der Waals surface area contributed by atoms with Gasteiger partial charge in [-0.2, -0.15) is 5.10 Å². The summed E-state index contributed by atoms with van der Waals surface area (Å²) < 4.78 is 28.5. The zero-order valence-corrected chi connectivity index (χ0v) is 17.5. The first-order chi connectivity index (χ1) is 15.4. The Kier molecular flexibility index (Phi) is 5.00. The highest BCUT2D eigenvalue weighted by Crippen LogP contribution is 2.50. The molecule has 3 aromatic rings. The molecule has 1 unspecified atom stereocenters. The second kappa shape index (κ2) is 7.73. The molecule has 32 heavy (non-hydrogen) atoms. The molecule has 3 aromatic heterocycles. The van der Waals surface area contributed by atoms with Crippen molar-refractivity contribution in [2.75, 3.05) is 18.0 Å². The molecule has 0 bridgehead atoms. The molecule has 1 spiro atoms. The van der Waals surface area contributed by atoms with E-state index in [0.29, 0.717) is 36.2 Å². The van der Waals surface area contributed by atoms with Crippen LogP contribution in [0.25, 0.3) is 11.2 Å². The van der Waals surface area contributed by atoms with Crippen molar-refractivity contribution in [3.05, 3.63) is 46.8 Å². The lowest BCUT2D eigenvalue weighted by Crippen LogP contribution is -2.43. The van der Waals surface area contributed by atoms with Crippen molar-refractivity contribution in [3.8, 4) is 0 Å². The van der Waals surface area contributed by atoms with Crippen LogP contribution in [-0.2, 0) is 18.4 Å². The molecule has 11 heteroatoms. The standard InChI is InChI=1S/C21H23F2N7O2/c1-28-11-13(2-3-18(28)31)30-16(8-21(20(30)32)4-6-24-7-5-21)14-9-25-15-10-26-29(12-17(22)23)19(15)27-14/h2-3,9-11,16-17,24H,4-8,12H2,1H3. The quantitative estimate of drug-likeness (QED) is 0.658. The number of amides is 1. The molecule has 1 amide bonds. The highest BCUT2D eigenvalue weighted by molar-refractivity contribution is 6.00. The van der Waals surface area contributed by atoms with E-state index in [0.717, 1.165) is 17.8 Å². The van der Waals surface area contributed by atoms with E-state index < -0.39 is 24.4 Å². The molecule has 0 aromatic carbocycles. The van der Waals surface area contributed by atoms with E-state index in [4.69, 9.17) is 0 Å². The van der Waals surface area contributed by atoms with Gasteiger partial charge in [-0.05, 0) is 38.4 Å². The first-order valence-electron chi connectivity index (χ1n) is 10.6. The van der Waals surface area contributed by atoms with E-state index >= 15 is 0 Å². The van der Waals surface area contributed by atoms with Crippen LogP contribution in [0, 0.1) is 5.41 Å². The zero-order chi connectivity index (χ0) is 22.5. The highest BCUT2D eigenvalue weighted by Gasteiger charge is 2.53. The van der Waals surface area contributed by atoms with Crippen molar-refractivity contribution >= 4 is 22.8 Å². The van der Waals surface area contributed by atoms with Gasteiger partial charge in [0, 0.05) is 19.3 Å². The van der Waals surface area contributed by atoms with Crippen LogP contribution in [0.15, 0.2) is 35.5 Å². The van der Waals surface area contributed by atoms with Crippen molar-refractivity contribution < 1.29 is 13.6 Å². The van der Waals surface area contributed by atoms with Gasteiger partial charge in [0.1, 0.15) is 12.1 Å². The maximum atomic E-state index is 13.7. The molecule has 1 atom stereocenters. The molecule has 168 valence electrons. The molecule has 2 aliphatic rings. The maximum Gasteiger partial charge on any atom is 0.258 e. The van der Waals surface area contributed by atoms with Crippen molar-refractivity contribution in [2.45, 2.75) is 38.3 Å². The fourth-order valence-electron chi connectivity index (χ4n) is 4.81. The molecule has 9 nitrogen and oxygen atoms in total. The Morgan fingerprint density at radius 3 is 2.72 bits per heavy atom. The summed E-state index contributed by atoms with van der Waals surface area (Å²) in [5.74, 6) is -0.00867. The third-order valence-corrected chi connectivity index (χ3v) is 6.49. The van der Waals surface area contributed by atoms with Gasteiger partial charge in [-0.3, -0.25) is 9.59 Å². The Morgan fingerprint density at radius 2 is 2.00 bits per heavy atom. The molecular formula is C21H23F2N7O2. The summed E-state index contributed by atoms with van der Waals surface area (Å²) in [6.07, 6.45) is 4.00. The van der Waals surface area contributed by atoms with Crippen LogP contribution in [0.3, 0.4) is 0 Å². The van der Waals surface area contributed by atoms with Gasteiger partial charge in [-0.15, -0.1) is 0 Å². The Balaban J connectivity index is 1.61. The summed E-state index contributed by atoms with van der Waals surface area (Å²) in [7, 11) is 1.64. The predicted molar refractivity (Wildman–Crippen MR) is 112 cm³/mol. The lowest BCUT2D eigenvalue weighted by atomic mass is 9.76. The number of carbonyl (C=O) groups is 1. The number of nitrogens with zero attached hydrogens (tertiary/aromatic N) is 6. The van der Waals surface area contributed by atoms with Gasteiger partial charge in [-0.1, -0.05) is 0 Å². The Morgan fingerprint density at radius 1 is 1.22 bits per heavy atom. The number of hydrogen-bond acceptors (Lipinski definition) is 6. The average molecular weight is 443 g/mol. The highest BCUT2D eigenvalue weighted by atomic mass is 19.3. The summed E-state index contributed by atoms with van der Waals surface area (Å²) in [4.78, 5) is 36.3. The summed E-state index contributed by atoms with van der Waals surface area (Å²) in [6.45, 7) is 0.905. The monoisotopic (exact) mass is 443 g/mol. The summed E-state index contributed by atoms with van der Waals surface area (Å²) >= 11 is 0. The van der Waals surface area contributed by atoms with Crippen molar-refractivity contribution in [1.82, 2.24) is 29.6 Å². The average Bonchev–Trinajstić information content (AvgIpc) is 3.29. The molecule has 2 fully saturated rings. The van der Waals surface area contributed by atoms with Crippen molar-refractivity contribution in [3.63, 3.8) is 0 Å². The second-order valence-electron chi connectivity index (χ2n) is 8.48.